The Bertz CT molecular complexity index is 422. The number of nitrogens with zero attached hydrogens (tertiary/aromatic N) is 1. The number of aliphatic carboxylic acids is 1. The van der Waals surface area contributed by atoms with Crippen LogP contribution in [0.3, 0.4) is 0 Å². The van der Waals surface area contributed by atoms with Crippen LogP contribution in [-0.2, 0) is 11.3 Å². The van der Waals surface area contributed by atoms with Gasteiger partial charge in [-0.1, -0.05) is 18.2 Å². The number of para-hydroxylation sites is 1. The van der Waals surface area contributed by atoms with Crippen molar-refractivity contribution < 1.29 is 14.6 Å². The Kier molecular flexibility index (Phi) is 4.17. The molecule has 5 heteroatoms. The van der Waals surface area contributed by atoms with Gasteiger partial charge in [0.15, 0.2) is 0 Å². The van der Waals surface area contributed by atoms with Gasteiger partial charge < -0.3 is 15.6 Å². The fourth-order valence-corrected chi connectivity index (χ4v) is 2.02. The van der Waals surface area contributed by atoms with E-state index in [1.807, 2.05) is 24.3 Å². The number of hydrogen-bond acceptors (Lipinski definition) is 4. The molecule has 98 valence electrons. The van der Waals surface area contributed by atoms with Gasteiger partial charge in [-0.2, -0.15) is 0 Å². The lowest BCUT2D eigenvalue weighted by Crippen LogP contribution is -2.36. The molecule has 1 aromatic carbocycles. The molecule has 1 atom stereocenters. The molecule has 1 unspecified atom stereocenters. The van der Waals surface area contributed by atoms with Crippen molar-refractivity contribution in [3.63, 3.8) is 0 Å². The lowest BCUT2D eigenvalue weighted by molar-refractivity contribution is -0.138. The Hall–Kier alpha value is -1.59. The highest BCUT2D eigenvalue weighted by Crippen LogP contribution is 2.22. The Morgan fingerprint density at radius 2 is 2.28 bits per heavy atom. The van der Waals surface area contributed by atoms with Crippen LogP contribution in [0.2, 0.25) is 0 Å². The van der Waals surface area contributed by atoms with Crippen molar-refractivity contribution in [2.75, 3.05) is 19.7 Å². The Labute approximate surface area is 106 Å². The Morgan fingerprint density at radius 3 is 3.06 bits per heavy atom. The maximum atomic E-state index is 10.7. The molecule has 0 bridgehead atoms. The Balaban J connectivity index is 1.94. The molecule has 0 saturated heterocycles. The first-order chi connectivity index (χ1) is 8.66. The summed E-state index contributed by atoms with van der Waals surface area (Å²) in [6.45, 7) is 2.87. The first-order valence-electron chi connectivity index (χ1n) is 6.08. The van der Waals surface area contributed by atoms with Gasteiger partial charge in [-0.15, -0.1) is 0 Å². The molecule has 2 rings (SSSR count). The van der Waals surface area contributed by atoms with Gasteiger partial charge in [-0.25, -0.2) is 0 Å². The molecular formula is C13H18N2O3. The lowest BCUT2D eigenvalue weighted by atomic mass is 10.1. The molecule has 3 N–H and O–H groups in total. The van der Waals surface area contributed by atoms with Gasteiger partial charge in [0.1, 0.15) is 18.4 Å². The van der Waals surface area contributed by atoms with Crippen molar-refractivity contribution in [3.8, 4) is 5.75 Å². The minimum absolute atomic E-state index is 0.456. The number of rotatable bonds is 4. The van der Waals surface area contributed by atoms with Crippen molar-refractivity contribution in [2.45, 2.75) is 19.0 Å². The van der Waals surface area contributed by atoms with Gasteiger partial charge in [-0.05, 0) is 12.5 Å². The van der Waals surface area contributed by atoms with E-state index in [1.165, 1.54) is 0 Å². The highest BCUT2D eigenvalue weighted by Gasteiger charge is 2.17. The molecule has 0 aromatic heterocycles. The monoisotopic (exact) mass is 250 g/mol. The van der Waals surface area contributed by atoms with Crippen molar-refractivity contribution in [1.29, 1.82) is 0 Å². The summed E-state index contributed by atoms with van der Waals surface area (Å²) >= 11 is 0. The van der Waals surface area contributed by atoms with Crippen molar-refractivity contribution in [2.24, 2.45) is 5.73 Å². The van der Waals surface area contributed by atoms with E-state index in [1.54, 1.807) is 0 Å². The van der Waals surface area contributed by atoms with Gasteiger partial charge in [-0.3, -0.25) is 9.69 Å². The summed E-state index contributed by atoms with van der Waals surface area (Å²) in [5.74, 6) is -0.0241. The molecule has 1 aliphatic rings. The molecule has 0 amide bonds. The van der Waals surface area contributed by atoms with Gasteiger partial charge >= 0.3 is 5.97 Å². The largest absolute Gasteiger partial charge is 0.492 e. The molecular weight excluding hydrogens is 232 g/mol. The van der Waals surface area contributed by atoms with Crippen molar-refractivity contribution >= 4 is 5.97 Å². The molecule has 1 aliphatic heterocycles. The van der Waals surface area contributed by atoms with E-state index in [2.05, 4.69) is 4.90 Å². The summed E-state index contributed by atoms with van der Waals surface area (Å²) in [6, 6.07) is 7.14. The fourth-order valence-electron chi connectivity index (χ4n) is 2.02. The number of benzene rings is 1. The maximum absolute atomic E-state index is 10.7. The molecule has 5 nitrogen and oxygen atoms in total. The second-order valence-corrected chi connectivity index (χ2v) is 4.47. The average molecular weight is 250 g/mol. The molecule has 18 heavy (non-hydrogen) atoms. The standard InChI is InChI=1S/C13H18N2O3/c14-11(13(16)17)5-6-15-7-8-18-12-4-2-1-3-10(12)9-15/h1-4,11H,5-9,14H2,(H,16,17). The highest BCUT2D eigenvalue weighted by molar-refractivity contribution is 5.72. The van der Waals surface area contributed by atoms with Crippen molar-refractivity contribution in [1.82, 2.24) is 4.90 Å². The molecule has 0 aliphatic carbocycles. The predicted octanol–water partition coefficient (Wildman–Crippen LogP) is 0.683. The summed E-state index contributed by atoms with van der Waals surface area (Å²) in [4.78, 5) is 12.8. The number of nitrogens with two attached hydrogens (primary N) is 1. The van der Waals surface area contributed by atoms with E-state index in [-0.39, 0.29) is 0 Å². The SMILES string of the molecule is NC(CCN1CCOc2ccccc2C1)C(=O)O. The minimum Gasteiger partial charge on any atom is -0.492 e. The van der Waals surface area contributed by atoms with Crippen LogP contribution in [0.4, 0.5) is 0 Å². The second kappa shape index (κ2) is 5.84. The van der Waals surface area contributed by atoms with E-state index in [0.29, 0.717) is 19.6 Å². The third kappa shape index (κ3) is 3.21. The highest BCUT2D eigenvalue weighted by atomic mass is 16.5. The van der Waals surface area contributed by atoms with Crippen LogP contribution in [-0.4, -0.2) is 41.7 Å². The normalized spacial score (nSPS) is 17.4. The zero-order valence-electron chi connectivity index (χ0n) is 10.2. The molecule has 0 fully saturated rings. The van der Waals surface area contributed by atoms with Crippen LogP contribution in [0.15, 0.2) is 24.3 Å². The molecule has 1 heterocycles. The lowest BCUT2D eigenvalue weighted by Gasteiger charge is -2.20. The summed E-state index contributed by atoms with van der Waals surface area (Å²) in [7, 11) is 0. The second-order valence-electron chi connectivity index (χ2n) is 4.47. The summed E-state index contributed by atoms with van der Waals surface area (Å²) in [5.41, 5.74) is 6.65. The van der Waals surface area contributed by atoms with Gasteiger partial charge in [0, 0.05) is 25.2 Å². The van der Waals surface area contributed by atoms with Crippen LogP contribution in [0, 0.1) is 0 Å². The fraction of sp³-hybridized carbons (Fsp3) is 0.462. The summed E-state index contributed by atoms with van der Waals surface area (Å²) in [5, 5.41) is 8.76. The van der Waals surface area contributed by atoms with Crippen LogP contribution in [0.25, 0.3) is 0 Å². The average Bonchev–Trinajstić information content (AvgIpc) is 2.57. The smallest absolute Gasteiger partial charge is 0.320 e. The number of hydrogen-bond donors (Lipinski definition) is 2. The summed E-state index contributed by atoms with van der Waals surface area (Å²) < 4.78 is 5.64. The van der Waals surface area contributed by atoms with Gasteiger partial charge in [0.2, 0.25) is 0 Å². The quantitative estimate of drug-likeness (QED) is 0.822. The van der Waals surface area contributed by atoms with Crippen molar-refractivity contribution in [3.05, 3.63) is 29.8 Å². The van der Waals surface area contributed by atoms with E-state index in [0.717, 1.165) is 24.4 Å². The molecule has 0 radical (unpaired) electrons. The third-order valence-corrected chi connectivity index (χ3v) is 3.11. The van der Waals surface area contributed by atoms with E-state index < -0.39 is 12.0 Å². The number of carbonyl (C=O) groups is 1. The number of ether oxygens (including phenoxy) is 1. The van der Waals surface area contributed by atoms with E-state index in [4.69, 9.17) is 15.6 Å². The number of carboxylic acids is 1. The zero-order valence-corrected chi connectivity index (χ0v) is 10.2. The Morgan fingerprint density at radius 1 is 1.50 bits per heavy atom. The topological polar surface area (TPSA) is 75.8 Å². The maximum Gasteiger partial charge on any atom is 0.320 e. The first kappa shape index (κ1) is 12.9. The van der Waals surface area contributed by atoms with Crippen LogP contribution < -0.4 is 10.5 Å². The minimum atomic E-state index is -0.943. The molecule has 0 saturated carbocycles. The predicted molar refractivity (Wildman–Crippen MR) is 67.4 cm³/mol. The number of carboxylic acid groups (broad SMARTS) is 1. The number of fused-ring (bicyclic) bond motifs is 1. The van der Waals surface area contributed by atoms with Crippen LogP contribution in [0.5, 0.6) is 5.75 Å². The first-order valence-corrected chi connectivity index (χ1v) is 6.08. The molecule has 0 spiro atoms. The molecule has 1 aromatic rings. The van der Waals surface area contributed by atoms with Crippen LogP contribution >= 0.6 is 0 Å². The van der Waals surface area contributed by atoms with E-state index >= 15 is 0 Å². The van der Waals surface area contributed by atoms with Gasteiger partial charge in [0.25, 0.3) is 0 Å². The van der Waals surface area contributed by atoms with E-state index in [9.17, 15) is 4.79 Å². The van der Waals surface area contributed by atoms with Crippen LogP contribution in [0.1, 0.15) is 12.0 Å². The summed E-state index contributed by atoms with van der Waals surface area (Å²) in [6.07, 6.45) is 0.456. The zero-order chi connectivity index (χ0) is 13.0. The third-order valence-electron chi connectivity index (χ3n) is 3.11. The van der Waals surface area contributed by atoms with Gasteiger partial charge in [0.05, 0.1) is 0 Å².